The summed E-state index contributed by atoms with van der Waals surface area (Å²) in [6.07, 6.45) is 0. The second-order valence-electron chi connectivity index (χ2n) is 3.83. The molecule has 0 saturated carbocycles. The van der Waals surface area contributed by atoms with Crippen molar-refractivity contribution in [3.63, 3.8) is 0 Å². The van der Waals surface area contributed by atoms with Gasteiger partial charge >= 0.3 is 5.97 Å². The fourth-order valence-corrected chi connectivity index (χ4v) is 1.69. The molecule has 0 atom stereocenters. The van der Waals surface area contributed by atoms with Gasteiger partial charge < -0.3 is 14.9 Å². The Kier molecular flexibility index (Phi) is 3.00. The van der Waals surface area contributed by atoms with Gasteiger partial charge in [-0.05, 0) is 13.8 Å². The van der Waals surface area contributed by atoms with Crippen LogP contribution in [0, 0.1) is 13.8 Å². The average Bonchev–Trinajstić information content (AvgIpc) is 2.79. The molecule has 2 aromatic heterocycles. The summed E-state index contributed by atoms with van der Waals surface area (Å²) in [4.78, 5) is 15.1. The Labute approximate surface area is 103 Å². The van der Waals surface area contributed by atoms with Crippen LogP contribution >= 0.6 is 0 Å². The molecule has 2 heterocycles. The van der Waals surface area contributed by atoms with Crippen molar-refractivity contribution in [2.75, 3.05) is 5.32 Å². The molecule has 0 aliphatic rings. The summed E-state index contributed by atoms with van der Waals surface area (Å²) in [6.45, 7) is 3.61. The molecule has 0 bridgehead atoms. The number of hydrogen-bond donors (Lipinski definition) is 2. The minimum absolute atomic E-state index is 0.147. The average molecular weight is 251 g/mol. The lowest BCUT2D eigenvalue weighted by molar-refractivity contribution is 0.0697. The van der Waals surface area contributed by atoms with Crippen LogP contribution in [0.25, 0.3) is 0 Å². The molecule has 18 heavy (non-hydrogen) atoms. The van der Waals surface area contributed by atoms with Crippen molar-refractivity contribution in [2.45, 2.75) is 20.4 Å². The number of carboxylic acids is 1. The third kappa shape index (κ3) is 2.17. The van der Waals surface area contributed by atoms with E-state index in [4.69, 9.17) is 9.63 Å². The van der Waals surface area contributed by atoms with Crippen molar-refractivity contribution in [1.29, 1.82) is 0 Å². The zero-order valence-electron chi connectivity index (χ0n) is 10.3. The Morgan fingerprint density at radius 1 is 1.50 bits per heavy atom. The highest BCUT2D eigenvalue weighted by Crippen LogP contribution is 2.19. The zero-order chi connectivity index (χ0) is 13.3. The van der Waals surface area contributed by atoms with Gasteiger partial charge in [0.2, 0.25) is 5.89 Å². The maximum Gasteiger partial charge on any atom is 0.341 e. The zero-order valence-corrected chi connectivity index (χ0v) is 10.3. The number of nitrogens with zero attached hydrogens (tertiary/aromatic N) is 4. The first-order chi connectivity index (χ1) is 8.49. The van der Waals surface area contributed by atoms with E-state index >= 15 is 0 Å². The quantitative estimate of drug-likeness (QED) is 0.824. The number of hydrogen-bond acceptors (Lipinski definition) is 6. The van der Waals surface area contributed by atoms with Crippen LogP contribution in [0.1, 0.15) is 27.8 Å². The van der Waals surface area contributed by atoms with E-state index in [0.717, 1.165) is 0 Å². The van der Waals surface area contributed by atoms with Crippen molar-refractivity contribution in [3.8, 4) is 0 Å². The SMILES string of the molecule is Cc1noc(CNc2c(C(=O)O)c(C)nn2C)n1. The van der Waals surface area contributed by atoms with Crippen molar-refractivity contribution in [1.82, 2.24) is 19.9 Å². The molecule has 2 aromatic rings. The number of aryl methyl sites for hydroxylation is 3. The highest BCUT2D eigenvalue weighted by molar-refractivity contribution is 5.94. The van der Waals surface area contributed by atoms with Gasteiger partial charge in [-0.15, -0.1) is 0 Å². The first kappa shape index (κ1) is 12.1. The summed E-state index contributed by atoms with van der Waals surface area (Å²) in [5, 5.41) is 19.8. The van der Waals surface area contributed by atoms with Crippen LogP contribution in [-0.2, 0) is 13.6 Å². The maximum atomic E-state index is 11.1. The summed E-state index contributed by atoms with van der Waals surface area (Å²) in [5.41, 5.74) is 0.600. The number of anilines is 1. The smallest absolute Gasteiger partial charge is 0.341 e. The van der Waals surface area contributed by atoms with E-state index in [0.29, 0.717) is 23.2 Å². The molecule has 0 amide bonds. The Bertz CT molecular complexity index is 586. The second kappa shape index (κ2) is 4.47. The first-order valence-corrected chi connectivity index (χ1v) is 5.29. The van der Waals surface area contributed by atoms with Gasteiger partial charge in [-0.25, -0.2) is 4.79 Å². The molecule has 0 radical (unpaired) electrons. The lowest BCUT2D eigenvalue weighted by atomic mass is 10.2. The highest BCUT2D eigenvalue weighted by atomic mass is 16.5. The largest absolute Gasteiger partial charge is 0.477 e. The van der Waals surface area contributed by atoms with Gasteiger partial charge in [0.05, 0.1) is 12.2 Å². The van der Waals surface area contributed by atoms with Crippen molar-refractivity contribution >= 4 is 11.8 Å². The van der Waals surface area contributed by atoms with Crippen LogP contribution in [0.2, 0.25) is 0 Å². The van der Waals surface area contributed by atoms with E-state index in [1.54, 1.807) is 20.9 Å². The van der Waals surface area contributed by atoms with Crippen LogP contribution in [0.3, 0.4) is 0 Å². The third-order valence-electron chi connectivity index (χ3n) is 2.41. The second-order valence-corrected chi connectivity index (χ2v) is 3.83. The van der Waals surface area contributed by atoms with E-state index in [-0.39, 0.29) is 12.1 Å². The normalized spacial score (nSPS) is 10.6. The predicted octanol–water partition coefficient (Wildman–Crippen LogP) is 0.730. The Hall–Kier alpha value is -2.38. The number of nitrogens with one attached hydrogen (secondary N) is 1. The maximum absolute atomic E-state index is 11.1. The summed E-state index contributed by atoms with van der Waals surface area (Å²) in [7, 11) is 1.67. The molecular weight excluding hydrogens is 238 g/mol. The van der Waals surface area contributed by atoms with Crippen LogP contribution in [0.4, 0.5) is 5.82 Å². The molecule has 2 N–H and O–H groups in total. The molecule has 0 aliphatic carbocycles. The van der Waals surface area contributed by atoms with Crippen molar-refractivity contribution in [2.24, 2.45) is 7.05 Å². The molecule has 0 fully saturated rings. The van der Waals surface area contributed by atoms with Gasteiger partial charge in [-0.1, -0.05) is 5.16 Å². The minimum Gasteiger partial charge on any atom is -0.477 e. The van der Waals surface area contributed by atoms with Gasteiger partial charge in [0.1, 0.15) is 11.4 Å². The number of carbonyl (C=O) groups is 1. The number of aromatic carboxylic acids is 1. The standard InChI is InChI=1S/C10H13N5O3/c1-5-8(10(16)17)9(15(3)13-5)11-4-7-12-6(2)14-18-7/h11H,4H2,1-3H3,(H,16,17). The number of carboxylic acid groups (broad SMARTS) is 1. The lowest BCUT2D eigenvalue weighted by Gasteiger charge is -2.04. The summed E-state index contributed by atoms with van der Waals surface area (Å²) in [5.74, 6) is 0.315. The number of rotatable bonds is 4. The molecule has 8 heteroatoms. The molecule has 2 rings (SSSR count). The van der Waals surface area contributed by atoms with Crippen molar-refractivity contribution in [3.05, 3.63) is 23.0 Å². The van der Waals surface area contributed by atoms with E-state index < -0.39 is 5.97 Å². The molecule has 0 aliphatic heterocycles. The molecule has 0 unspecified atom stereocenters. The van der Waals surface area contributed by atoms with Gasteiger partial charge in [-0.2, -0.15) is 10.1 Å². The summed E-state index contributed by atoms with van der Waals surface area (Å²) in [6, 6.07) is 0. The Morgan fingerprint density at radius 2 is 2.22 bits per heavy atom. The van der Waals surface area contributed by atoms with E-state index in [1.165, 1.54) is 4.68 Å². The molecule has 0 spiro atoms. The van der Waals surface area contributed by atoms with E-state index in [1.807, 2.05) is 0 Å². The molecule has 0 aromatic carbocycles. The van der Waals surface area contributed by atoms with E-state index in [2.05, 4.69) is 20.6 Å². The molecule has 8 nitrogen and oxygen atoms in total. The van der Waals surface area contributed by atoms with Gasteiger partial charge in [-0.3, -0.25) is 4.68 Å². The summed E-state index contributed by atoms with van der Waals surface area (Å²) < 4.78 is 6.41. The fourth-order valence-electron chi connectivity index (χ4n) is 1.69. The first-order valence-electron chi connectivity index (χ1n) is 5.29. The Morgan fingerprint density at radius 3 is 2.78 bits per heavy atom. The monoisotopic (exact) mass is 251 g/mol. The van der Waals surface area contributed by atoms with Gasteiger partial charge in [0.15, 0.2) is 5.82 Å². The third-order valence-corrected chi connectivity index (χ3v) is 2.41. The predicted molar refractivity (Wildman–Crippen MR) is 61.3 cm³/mol. The van der Waals surface area contributed by atoms with Crippen LogP contribution < -0.4 is 5.32 Å². The highest BCUT2D eigenvalue weighted by Gasteiger charge is 2.19. The van der Waals surface area contributed by atoms with Gasteiger partial charge in [0, 0.05) is 7.05 Å². The van der Waals surface area contributed by atoms with E-state index in [9.17, 15) is 4.79 Å². The topological polar surface area (TPSA) is 106 Å². The lowest BCUT2D eigenvalue weighted by Crippen LogP contribution is -2.09. The number of aromatic nitrogens is 4. The molecule has 96 valence electrons. The van der Waals surface area contributed by atoms with Crippen LogP contribution in [0.5, 0.6) is 0 Å². The van der Waals surface area contributed by atoms with Crippen LogP contribution in [-0.4, -0.2) is 31.0 Å². The van der Waals surface area contributed by atoms with Crippen molar-refractivity contribution < 1.29 is 14.4 Å². The Balaban J connectivity index is 2.21. The summed E-state index contributed by atoms with van der Waals surface area (Å²) >= 11 is 0. The minimum atomic E-state index is -1.02. The molecular formula is C10H13N5O3. The molecule has 0 saturated heterocycles. The van der Waals surface area contributed by atoms with Gasteiger partial charge in [0.25, 0.3) is 0 Å². The van der Waals surface area contributed by atoms with Crippen LogP contribution in [0.15, 0.2) is 4.52 Å². The fraction of sp³-hybridized carbons (Fsp3) is 0.400.